The van der Waals surface area contributed by atoms with Crippen molar-refractivity contribution in [3.63, 3.8) is 0 Å². The predicted molar refractivity (Wildman–Crippen MR) is 415 cm³/mol. The molecule has 0 saturated carbocycles. The van der Waals surface area contributed by atoms with Crippen LogP contribution in [0.15, 0.2) is 146 Å². The number of halogens is 15. The van der Waals surface area contributed by atoms with Crippen molar-refractivity contribution < 1.29 is 51.1 Å². The third-order valence-electron chi connectivity index (χ3n) is 11.0. The van der Waals surface area contributed by atoms with Crippen LogP contribution >= 0.6 is 176 Å². The van der Waals surface area contributed by atoms with E-state index in [2.05, 4.69) is 96.8 Å². The molecule has 4 N–H and O–H groups in total. The fourth-order valence-corrected chi connectivity index (χ4v) is 9.22. The Morgan fingerprint density at radius 2 is 0.613 bits per heavy atom. The Morgan fingerprint density at radius 1 is 0.409 bits per heavy atom. The normalized spacial score (nSPS) is 11.8. The van der Waals surface area contributed by atoms with Gasteiger partial charge in [-0.2, -0.15) is 0 Å². The van der Waals surface area contributed by atoms with Gasteiger partial charge in [-0.1, -0.05) is 189 Å². The molecule has 0 amide bonds. The molecule has 0 fully saturated rings. The minimum Gasteiger partial charge on any atom is -1.00 e. The van der Waals surface area contributed by atoms with E-state index in [1.165, 1.54) is 0 Å². The molecule has 0 aromatic heterocycles. The first-order valence-electron chi connectivity index (χ1n) is 28.0. The van der Waals surface area contributed by atoms with Crippen molar-refractivity contribution in [1.82, 2.24) is 10.6 Å². The van der Waals surface area contributed by atoms with E-state index < -0.39 is 0 Å². The highest BCUT2D eigenvalue weighted by Gasteiger charge is 2.25. The van der Waals surface area contributed by atoms with Crippen LogP contribution in [0.2, 0.25) is 30.1 Å². The van der Waals surface area contributed by atoms with Crippen LogP contribution in [0, 0.1) is 0 Å². The van der Waals surface area contributed by atoms with Crippen LogP contribution < -0.4 is 32.9 Å². The predicted octanol–water partition coefficient (Wildman–Crippen LogP) is 20.6. The molecule has 5 atom stereocenters. The zero-order valence-electron chi connectivity index (χ0n) is 54.1. The number of carbonyl (C=O) groups excluding carboxylic acids is 6. The van der Waals surface area contributed by atoms with Crippen LogP contribution in [0.1, 0.15) is 180 Å². The first-order valence-corrected chi connectivity index (χ1v) is 38.0. The fraction of sp³-hybridized carbons (Fsp3) is 0.391. The molecule has 9 nitrogen and oxygen atoms in total. The molecule has 0 spiro atoms. The van der Waals surface area contributed by atoms with Gasteiger partial charge in [-0.3, -0.25) is 28.8 Å². The Labute approximate surface area is 647 Å². The number of nitrogens with two attached hydrogens (primary N) is 1. The molecule has 93 heavy (non-hydrogen) atoms. The van der Waals surface area contributed by atoms with Crippen molar-refractivity contribution in [2.24, 2.45) is 0 Å². The van der Waals surface area contributed by atoms with Gasteiger partial charge in [0.25, 0.3) is 0 Å². The fourth-order valence-electron chi connectivity index (χ4n) is 7.55. The number of alkyl halides is 6. The van der Waals surface area contributed by atoms with Crippen LogP contribution in [-0.4, -0.2) is 89.8 Å². The van der Waals surface area contributed by atoms with Gasteiger partial charge in [0.15, 0.2) is 28.9 Å². The number of benzene rings is 6. The lowest BCUT2D eigenvalue weighted by Crippen LogP contribution is -3.00. The molecule has 6 rings (SSSR count). The van der Waals surface area contributed by atoms with Crippen molar-refractivity contribution >= 4 is 211 Å². The van der Waals surface area contributed by atoms with Gasteiger partial charge in [-0.15, -0.1) is 46.4 Å². The lowest BCUT2D eigenvalue weighted by molar-refractivity contribution is -0.732. The topological polar surface area (TPSA) is 143 Å². The molecule has 0 radical (unpaired) electrons. The van der Waals surface area contributed by atoms with E-state index in [1.807, 2.05) is 69.2 Å². The average Bonchev–Trinajstić information content (AvgIpc) is 2.89. The zero-order valence-corrected chi connectivity index (χ0v) is 69.6. The van der Waals surface area contributed by atoms with Gasteiger partial charge >= 0.3 is 0 Å². The van der Waals surface area contributed by atoms with Crippen molar-refractivity contribution in [3.8, 4) is 0 Å². The highest BCUT2D eigenvalue weighted by atomic mass is 80.9. The van der Waals surface area contributed by atoms with Gasteiger partial charge in [-0.25, -0.2) is 0 Å². The molecule has 6 aromatic carbocycles. The molecular weight excluding hydrogens is 1720 g/mol. The average molecular weight is 1810 g/mol. The first kappa shape index (κ1) is 100. The molecule has 6 aromatic rings. The Morgan fingerprint density at radius 3 is 0.806 bits per heavy atom. The first-order chi connectivity index (χ1) is 42.2. The van der Waals surface area contributed by atoms with Crippen molar-refractivity contribution in [2.75, 3.05) is 10.7 Å². The summed E-state index contributed by atoms with van der Waals surface area (Å²) >= 11 is 65.7. The number of hydrogen-bond donors (Lipinski definition) is 3. The Balaban J connectivity index is -0.000000325. The molecule has 5 unspecified atom stereocenters. The largest absolute Gasteiger partial charge is 1.00 e. The summed E-state index contributed by atoms with van der Waals surface area (Å²) in [7, 11) is 0. The summed E-state index contributed by atoms with van der Waals surface area (Å²) in [4.78, 5) is 69.8. The van der Waals surface area contributed by atoms with E-state index >= 15 is 0 Å². The second-order valence-corrected chi connectivity index (χ2v) is 29.6. The molecule has 0 heterocycles. The maximum absolute atomic E-state index is 12.1. The van der Waals surface area contributed by atoms with E-state index in [0.717, 1.165) is 0 Å². The van der Waals surface area contributed by atoms with Crippen molar-refractivity contribution in [2.45, 2.75) is 162 Å². The standard InChI is InChI=1S/3C13H18ClNO.2C9H8BrClO.C9H9ClO.2CH2Cl2.CH4.Br2.BrH/c3*1-9(15-13(2,3)4)12(16)10-6-5-7-11(14)8-10;2*1-6(10)9(12)7-3-2-4-8(11)5-7;1-2-9(11)7-4-3-5-8(10)6-7;2*2-1-3;;1-2;/h3*5-9,15H,1-4H3;2*2-6H,1H3;3-6H,2H2,1H3;2*1H2;1H4;;1H. The second-order valence-electron chi connectivity index (χ2n) is 22.6. The number of ketones is 6. The minimum absolute atomic E-state index is 0. The van der Waals surface area contributed by atoms with Crippen LogP contribution in [-0.2, 0) is 0 Å². The van der Waals surface area contributed by atoms with E-state index in [-0.39, 0.29) is 114 Å². The number of quaternary nitrogens is 1. The number of carbonyl (C=O) groups is 6. The Kier molecular flexibility index (Phi) is 58.6. The van der Waals surface area contributed by atoms with Gasteiger partial charge in [0.05, 0.1) is 38.0 Å². The Hall–Kier alpha value is -1.48. The number of nitrogens with one attached hydrogen (secondary N) is 2. The van der Waals surface area contributed by atoms with Crippen molar-refractivity contribution in [1.29, 1.82) is 0 Å². The maximum Gasteiger partial charge on any atom is 0.219 e. The van der Waals surface area contributed by atoms with Gasteiger partial charge < -0.3 is 32.9 Å². The third kappa shape index (κ3) is 49.7. The summed E-state index contributed by atoms with van der Waals surface area (Å²) in [5.41, 5.74) is 3.86. The summed E-state index contributed by atoms with van der Waals surface area (Å²) in [6.07, 6.45) is 0.528. The quantitative estimate of drug-likeness (QED) is 0.0681. The summed E-state index contributed by atoms with van der Waals surface area (Å²) in [6, 6.07) is 41.6. The zero-order chi connectivity index (χ0) is 71.0. The van der Waals surface area contributed by atoms with Crippen molar-refractivity contribution in [3.05, 3.63) is 209 Å². The maximum atomic E-state index is 12.1. The summed E-state index contributed by atoms with van der Waals surface area (Å²) < 4.78 is 0. The number of hydrogen-bond acceptors (Lipinski definition) is 8. The highest BCUT2D eigenvalue weighted by Crippen LogP contribution is 2.19. The van der Waals surface area contributed by atoms with Crippen LogP contribution in [0.5, 0.6) is 0 Å². The SMILES string of the molecule is BrBr.C.CC(Br)C(=O)c1cccc(Cl)c1.CC(Br)C(=O)c1cccc(Cl)c1.CC(NC(C)(C)C)C(=O)c1cccc(Cl)c1.CC(NC(C)(C)C)C(=O)c1cccc(Cl)c1.CC([NH2+]C(C)(C)C)C(=O)c1cccc(Cl)c1.CCC(=O)c1cccc(Cl)c1.ClCCl.ClCCl.[Br-]. The molecule has 24 heteroatoms. The highest BCUT2D eigenvalue weighted by molar-refractivity contribution is 9.93. The summed E-state index contributed by atoms with van der Waals surface area (Å²) in [5, 5.41) is 12.5. The molecule has 0 aliphatic rings. The van der Waals surface area contributed by atoms with E-state index in [0.29, 0.717) is 69.9 Å². The molecular formula is C69H88Br5Cl10N3O6. The van der Waals surface area contributed by atoms with Gasteiger partial charge in [0, 0.05) is 109 Å². The molecule has 0 saturated heterocycles. The van der Waals surface area contributed by atoms with Crippen LogP contribution in [0.4, 0.5) is 0 Å². The van der Waals surface area contributed by atoms with E-state index in [1.54, 1.807) is 159 Å². The van der Waals surface area contributed by atoms with Gasteiger partial charge in [0.2, 0.25) is 5.78 Å². The molecule has 0 aliphatic carbocycles. The smallest absolute Gasteiger partial charge is 0.219 e. The van der Waals surface area contributed by atoms with Crippen LogP contribution in [0.25, 0.3) is 0 Å². The van der Waals surface area contributed by atoms with Crippen LogP contribution in [0.3, 0.4) is 0 Å². The molecule has 0 bridgehead atoms. The summed E-state index contributed by atoms with van der Waals surface area (Å²) in [6.45, 7) is 29.6. The second kappa shape index (κ2) is 54.4. The van der Waals surface area contributed by atoms with Gasteiger partial charge in [-0.05, 0) is 170 Å². The summed E-state index contributed by atoms with van der Waals surface area (Å²) in [5.74, 6) is 0.495. The minimum atomic E-state index is -0.210. The monoisotopic (exact) mass is 1800 g/mol. The lowest BCUT2D eigenvalue weighted by atomic mass is 10.0. The number of rotatable bonds is 15. The molecule has 520 valence electrons. The number of Topliss-reactive ketones (excluding diaryl/α,β-unsaturated/α-hetero) is 6. The Bertz CT molecular complexity index is 2880. The van der Waals surface area contributed by atoms with E-state index in [4.69, 9.17) is 116 Å². The van der Waals surface area contributed by atoms with E-state index in [9.17, 15) is 28.8 Å². The molecule has 0 aliphatic heterocycles. The van der Waals surface area contributed by atoms with Gasteiger partial charge in [0.1, 0.15) is 6.04 Å². The third-order valence-corrected chi connectivity index (χ3v) is 13.2. The lowest BCUT2D eigenvalue weighted by Gasteiger charge is -2.25.